The lowest BCUT2D eigenvalue weighted by Crippen LogP contribution is -2.34. The van der Waals surface area contributed by atoms with Gasteiger partial charge in [0.1, 0.15) is 0 Å². The van der Waals surface area contributed by atoms with Crippen molar-refractivity contribution in [2.24, 2.45) is 5.84 Å². The normalized spacial score (nSPS) is 13.8. The van der Waals surface area contributed by atoms with E-state index in [2.05, 4.69) is 24.5 Å². The Bertz CT molecular complexity index is 331. The molecule has 1 aromatic rings. The van der Waals surface area contributed by atoms with Gasteiger partial charge in [-0.2, -0.15) is 0 Å². The molecule has 16 heavy (non-hydrogen) atoms. The van der Waals surface area contributed by atoms with E-state index in [4.69, 9.17) is 10.6 Å². The summed E-state index contributed by atoms with van der Waals surface area (Å²) in [5.41, 5.74) is 5.08. The predicted molar refractivity (Wildman–Crippen MR) is 66.9 cm³/mol. The summed E-state index contributed by atoms with van der Waals surface area (Å²) in [5, 5.41) is 0. The molecule has 3 heteroatoms. The molecule has 1 aromatic carbocycles. The molecule has 0 fully saturated rings. The Morgan fingerprint density at radius 1 is 1.31 bits per heavy atom. The van der Waals surface area contributed by atoms with Gasteiger partial charge in [0, 0.05) is 0 Å². The fraction of sp³-hybridized carbons (Fsp3) is 0.538. The molecule has 0 radical (unpaired) electrons. The van der Waals surface area contributed by atoms with Crippen LogP contribution in [0.2, 0.25) is 0 Å². The first-order valence-electron chi connectivity index (χ1n) is 5.59. The van der Waals surface area contributed by atoms with Gasteiger partial charge in [-0.15, -0.1) is 0 Å². The highest BCUT2D eigenvalue weighted by atomic mass is 16.5. The quantitative estimate of drug-likeness (QED) is 0.607. The van der Waals surface area contributed by atoms with E-state index in [0.29, 0.717) is 6.61 Å². The zero-order valence-corrected chi connectivity index (χ0v) is 10.6. The van der Waals surface area contributed by atoms with Gasteiger partial charge in [-0.05, 0) is 38.8 Å². The van der Waals surface area contributed by atoms with E-state index in [1.807, 2.05) is 32.9 Å². The summed E-state index contributed by atoms with van der Waals surface area (Å²) >= 11 is 0. The largest absolute Gasteiger partial charge is 0.374 e. The van der Waals surface area contributed by atoms with Gasteiger partial charge in [-0.25, -0.2) is 0 Å². The van der Waals surface area contributed by atoms with E-state index in [9.17, 15) is 0 Å². The van der Waals surface area contributed by atoms with Gasteiger partial charge in [-0.3, -0.25) is 11.3 Å². The molecule has 1 rings (SSSR count). The minimum absolute atomic E-state index is 0.0421. The lowest BCUT2D eigenvalue weighted by molar-refractivity contribution is -0.0148. The molecule has 0 saturated heterocycles. The summed E-state index contributed by atoms with van der Waals surface area (Å²) in [6.07, 6.45) is 0. The van der Waals surface area contributed by atoms with Crippen molar-refractivity contribution in [3.63, 3.8) is 0 Å². The summed E-state index contributed by atoms with van der Waals surface area (Å²) in [7, 11) is 0. The lowest BCUT2D eigenvalue weighted by atomic mass is 10.0. The number of nitrogens with one attached hydrogen (secondary N) is 1. The molecule has 0 heterocycles. The number of nitrogens with two attached hydrogens (primary N) is 1. The minimum Gasteiger partial charge on any atom is -0.374 e. The number of benzene rings is 1. The van der Waals surface area contributed by atoms with Gasteiger partial charge < -0.3 is 4.74 Å². The molecule has 0 aliphatic rings. The first kappa shape index (κ1) is 13.2. The average molecular weight is 222 g/mol. The monoisotopic (exact) mass is 222 g/mol. The van der Waals surface area contributed by atoms with Gasteiger partial charge >= 0.3 is 0 Å². The van der Waals surface area contributed by atoms with Crippen LogP contribution in [0.1, 0.15) is 37.9 Å². The molecule has 0 bridgehead atoms. The number of ether oxygens (including phenoxy) is 1. The fourth-order valence-electron chi connectivity index (χ4n) is 1.54. The second-order valence-electron chi connectivity index (χ2n) is 5.00. The Hall–Kier alpha value is -0.900. The maximum absolute atomic E-state index is 5.75. The zero-order chi connectivity index (χ0) is 12.2. The fourth-order valence-corrected chi connectivity index (χ4v) is 1.54. The van der Waals surface area contributed by atoms with Crippen LogP contribution in [0.25, 0.3) is 0 Å². The molecule has 90 valence electrons. The first-order chi connectivity index (χ1) is 7.44. The molecule has 3 N–H and O–H groups in total. The van der Waals surface area contributed by atoms with Crippen molar-refractivity contribution in [3.05, 3.63) is 35.4 Å². The lowest BCUT2D eigenvalue weighted by Gasteiger charge is -2.25. The molecule has 0 aromatic heterocycles. The van der Waals surface area contributed by atoms with Gasteiger partial charge in [0.25, 0.3) is 0 Å². The van der Waals surface area contributed by atoms with Crippen LogP contribution in [0.4, 0.5) is 0 Å². The number of rotatable bonds is 4. The maximum atomic E-state index is 5.75. The molecule has 1 atom stereocenters. The highest BCUT2D eigenvalue weighted by molar-refractivity contribution is 5.28. The highest BCUT2D eigenvalue weighted by Crippen LogP contribution is 2.19. The second kappa shape index (κ2) is 5.43. The van der Waals surface area contributed by atoms with Crippen LogP contribution in [0.3, 0.4) is 0 Å². The topological polar surface area (TPSA) is 47.3 Å². The van der Waals surface area contributed by atoms with Gasteiger partial charge in [-0.1, -0.05) is 24.3 Å². The van der Waals surface area contributed by atoms with E-state index in [-0.39, 0.29) is 11.6 Å². The Labute approximate surface area is 98.0 Å². The van der Waals surface area contributed by atoms with E-state index in [0.717, 1.165) is 0 Å². The number of hydrogen-bond donors (Lipinski definition) is 2. The van der Waals surface area contributed by atoms with Crippen LogP contribution in [-0.4, -0.2) is 12.2 Å². The van der Waals surface area contributed by atoms with Crippen LogP contribution in [-0.2, 0) is 4.74 Å². The van der Waals surface area contributed by atoms with E-state index in [1.54, 1.807) is 0 Å². The molecular formula is C13H22N2O. The maximum Gasteiger partial charge on any atom is 0.0696 e. The summed E-state index contributed by atoms with van der Waals surface area (Å²) < 4.78 is 5.75. The molecule has 0 aliphatic heterocycles. The third kappa shape index (κ3) is 3.93. The zero-order valence-electron chi connectivity index (χ0n) is 10.6. The van der Waals surface area contributed by atoms with Crippen molar-refractivity contribution in [1.29, 1.82) is 0 Å². The van der Waals surface area contributed by atoms with Crippen LogP contribution < -0.4 is 11.3 Å². The van der Waals surface area contributed by atoms with Gasteiger partial charge in [0.15, 0.2) is 0 Å². The van der Waals surface area contributed by atoms with Crippen LogP contribution in [0.15, 0.2) is 24.3 Å². The average Bonchev–Trinajstić information content (AvgIpc) is 2.20. The van der Waals surface area contributed by atoms with Crippen molar-refractivity contribution in [2.45, 2.75) is 39.3 Å². The first-order valence-corrected chi connectivity index (χ1v) is 5.59. The van der Waals surface area contributed by atoms with Crippen molar-refractivity contribution >= 4 is 0 Å². The second-order valence-corrected chi connectivity index (χ2v) is 5.00. The van der Waals surface area contributed by atoms with Crippen molar-refractivity contribution < 1.29 is 4.74 Å². The third-order valence-electron chi connectivity index (χ3n) is 2.45. The van der Waals surface area contributed by atoms with Gasteiger partial charge in [0.2, 0.25) is 0 Å². The summed E-state index contributed by atoms with van der Waals surface area (Å²) in [5.74, 6) is 5.57. The molecule has 0 amide bonds. The summed E-state index contributed by atoms with van der Waals surface area (Å²) in [6, 6.07) is 8.24. The highest BCUT2D eigenvalue weighted by Gasteiger charge is 2.16. The Balaban J connectivity index is 2.72. The van der Waals surface area contributed by atoms with Crippen molar-refractivity contribution in [2.75, 3.05) is 6.61 Å². The van der Waals surface area contributed by atoms with Gasteiger partial charge in [0.05, 0.1) is 18.2 Å². The standard InChI is InChI=1S/C13H22N2O/c1-10-7-5-6-8-11(10)12(15-14)9-16-13(2,3)4/h5-8,12,15H,9,14H2,1-4H3. The molecular weight excluding hydrogens is 200 g/mol. The Morgan fingerprint density at radius 2 is 1.94 bits per heavy atom. The van der Waals surface area contributed by atoms with E-state index < -0.39 is 0 Å². The molecule has 3 nitrogen and oxygen atoms in total. The summed E-state index contributed by atoms with van der Waals surface area (Å²) in [6.45, 7) is 8.77. The smallest absolute Gasteiger partial charge is 0.0696 e. The van der Waals surface area contributed by atoms with Crippen LogP contribution in [0.5, 0.6) is 0 Å². The molecule has 1 unspecified atom stereocenters. The van der Waals surface area contributed by atoms with Crippen molar-refractivity contribution in [1.82, 2.24) is 5.43 Å². The van der Waals surface area contributed by atoms with E-state index >= 15 is 0 Å². The predicted octanol–water partition coefficient (Wildman–Crippen LogP) is 2.31. The third-order valence-corrected chi connectivity index (χ3v) is 2.45. The van der Waals surface area contributed by atoms with E-state index in [1.165, 1.54) is 11.1 Å². The molecule has 0 spiro atoms. The van der Waals surface area contributed by atoms with Crippen LogP contribution in [0, 0.1) is 6.92 Å². The molecule has 0 saturated carbocycles. The number of hydrogen-bond acceptors (Lipinski definition) is 3. The molecule has 0 aliphatic carbocycles. The number of hydrazine groups is 1. The Morgan fingerprint density at radius 3 is 2.44 bits per heavy atom. The van der Waals surface area contributed by atoms with Crippen molar-refractivity contribution in [3.8, 4) is 0 Å². The minimum atomic E-state index is -0.141. The number of aryl methyl sites for hydroxylation is 1. The Kier molecular flexibility index (Phi) is 4.47. The summed E-state index contributed by atoms with van der Waals surface area (Å²) in [4.78, 5) is 0. The van der Waals surface area contributed by atoms with Crippen LogP contribution >= 0.6 is 0 Å². The SMILES string of the molecule is Cc1ccccc1C(COC(C)(C)C)NN.